The average Bonchev–Trinajstić information content (AvgIpc) is 3.78. The van der Waals surface area contributed by atoms with E-state index >= 15 is 0 Å². The number of fused-ring (bicyclic) bond motifs is 2. The molecule has 0 bridgehead atoms. The van der Waals surface area contributed by atoms with Crippen LogP contribution in [0.25, 0.3) is 45.3 Å². The number of hydrogen-bond acceptors (Lipinski definition) is 4. The number of ether oxygens (including phenoxy) is 1. The number of aromatic nitrogens is 3. The van der Waals surface area contributed by atoms with Gasteiger partial charge in [-0.15, -0.1) is 0 Å². The Morgan fingerprint density at radius 2 is 0.980 bits per heavy atom. The van der Waals surface area contributed by atoms with Gasteiger partial charge in [-0.2, -0.15) is 0 Å². The molecule has 1 aliphatic heterocycles. The molecule has 3 aliphatic carbocycles. The average molecular weight is 648 g/mol. The van der Waals surface area contributed by atoms with E-state index in [1.165, 1.54) is 27.8 Å². The summed E-state index contributed by atoms with van der Waals surface area (Å²) in [4.78, 5) is 14.7. The van der Waals surface area contributed by atoms with E-state index in [2.05, 4.69) is 107 Å². The maximum Gasteiger partial charge on any atom is 0.164 e. The normalized spacial score (nSPS) is 22.8. The summed E-state index contributed by atoms with van der Waals surface area (Å²) < 4.78 is 6.69. The van der Waals surface area contributed by atoms with Gasteiger partial charge in [-0.3, -0.25) is 0 Å². The molecule has 0 radical (unpaired) electrons. The van der Waals surface area contributed by atoms with Crippen molar-refractivity contribution in [3.63, 3.8) is 0 Å². The molecule has 4 aliphatic rings. The molecule has 50 heavy (non-hydrogen) atoms. The predicted molar refractivity (Wildman–Crippen MR) is 200 cm³/mol. The van der Waals surface area contributed by atoms with Crippen LogP contribution >= 0.6 is 0 Å². The molecule has 1 fully saturated rings. The SMILES string of the molecule is CC1(C)C2=CC=C3Oc4ccc(-c5ccc(-c6nc(-c7ccccc7)nc(-c7ccccc7)n6)cc5)cc4C34CC24c2ccccc2C1(C)C. The highest BCUT2D eigenvalue weighted by Crippen LogP contribution is 2.82. The molecule has 10 rings (SSSR count). The van der Waals surface area contributed by atoms with Gasteiger partial charge in [0.15, 0.2) is 17.5 Å². The largest absolute Gasteiger partial charge is 0.460 e. The maximum atomic E-state index is 6.69. The second-order valence-electron chi connectivity index (χ2n) is 15.3. The maximum absolute atomic E-state index is 6.69. The molecule has 2 heterocycles. The van der Waals surface area contributed by atoms with Crippen LogP contribution in [0.1, 0.15) is 50.8 Å². The van der Waals surface area contributed by atoms with Crippen molar-refractivity contribution in [1.82, 2.24) is 15.0 Å². The van der Waals surface area contributed by atoms with Crippen LogP contribution in [-0.2, 0) is 16.2 Å². The summed E-state index contributed by atoms with van der Waals surface area (Å²) >= 11 is 0. The molecular formula is C46H37N3O. The summed E-state index contributed by atoms with van der Waals surface area (Å²) in [5.74, 6) is 4.05. The highest BCUT2D eigenvalue weighted by atomic mass is 16.5. The fourth-order valence-corrected chi connectivity index (χ4v) is 9.28. The lowest BCUT2D eigenvalue weighted by Gasteiger charge is -2.54. The number of hydrogen-bond donors (Lipinski definition) is 0. The van der Waals surface area contributed by atoms with Gasteiger partial charge in [0, 0.05) is 27.7 Å². The van der Waals surface area contributed by atoms with Gasteiger partial charge in [0.1, 0.15) is 11.5 Å². The zero-order valence-electron chi connectivity index (χ0n) is 28.7. The second kappa shape index (κ2) is 9.98. The van der Waals surface area contributed by atoms with Crippen molar-refractivity contribution in [2.24, 2.45) is 5.41 Å². The summed E-state index contributed by atoms with van der Waals surface area (Å²) in [6, 6.07) is 44.8. The van der Waals surface area contributed by atoms with Gasteiger partial charge < -0.3 is 4.74 Å². The van der Waals surface area contributed by atoms with Crippen LogP contribution in [0, 0.1) is 5.41 Å². The van der Waals surface area contributed by atoms with Gasteiger partial charge in [-0.1, -0.05) is 155 Å². The monoisotopic (exact) mass is 647 g/mol. The summed E-state index contributed by atoms with van der Waals surface area (Å²) in [7, 11) is 0. The van der Waals surface area contributed by atoms with Crippen LogP contribution in [0.5, 0.6) is 5.75 Å². The molecule has 0 saturated heterocycles. The Morgan fingerprint density at radius 1 is 0.460 bits per heavy atom. The molecule has 4 heteroatoms. The Hall–Kier alpha value is -5.61. The first-order valence-corrected chi connectivity index (χ1v) is 17.6. The van der Waals surface area contributed by atoms with Crippen molar-refractivity contribution < 1.29 is 4.74 Å². The Balaban J connectivity index is 1.05. The molecule has 2 spiro atoms. The molecule has 2 atom stereocenters. The Labute approximate surface area is 293 Å². The van der Waals surface area contributed by atoms with E-state index in [4.69, 9.17) is 19.7 Å². The number of nitrogens with zero attached hydrogens (tertiary/aromatic N) is 3. The van der Waals surface area contributed by atoms with Gasteiger partial charge in [-0.05, 0) is 57.7 Å². The van der Waals surface area contributed by atoms with Gasteiger partial charge in [-0.25, -0.2) is 15.0 Å². The minimum atomic E-state index is -0.182. The lowest BCUT2D eigenvalue weighted by Crippen LogP contribution is -2.49. The molecule has 0 amide bonds. The zero-order chi connectivity index (χ0) is 33.9. The van der Waals surface area contributed by atoms with E-state index in [1.807, 2.05) is 60.7 Å². The lowest BCUT2D eigenvalue weighted by atomic mass is 9.49. The minimum absolute atomic E-state index is 0.00390. The first-order valence-electron chi connectivity index (χ1n) is 17.6. The summed E-state index contributed by atoms with van der Waals surface area (Å²) in [5.41, 5.74) is 10.7. The highest BCUT2D eigenvalue weighted by Gasteiger charge is 2.80. The molecule has 6 aromatic rings. The lowest BCUT2D eigenvalue weighted by molar-refractivity contribution is 0.207. The summed E-state index contributed by atoms with van der Waals surface area (Å²) in [5, 5.41) is 0. The molecule has 2 unspecified atom stereocenters. The Kier molecular flexibility index (Phi) is 5.85. The summed E-state index contributed by atoms with van der Waals surface area (Å²) in [6.45, 7) is 9.70. The molecule has 0 N–H and O–H groups in total. The molecule has 1 saturated carbocycles. The van der Waals surface area contributed by atoms with Gasteiger partial charge in [0.05, 0.1) is 5.41 Å². The Bertz CT molecular complexity index is 2370. The topological polar surface area (TPSA) is 47.9 Å². The quantitative estimate of drug-likeness (QED) is 0.191. The third-order valence-electron chi connectivity index (χ3n) is 12.5. The summed E-state index contributed by atoms with van der Waals surface area (Å²) in [6.07, 6.45) is 5.69. The van der Waals surface area contributed by atoms with Crippen LogP contribution in [0.3, 0.4) is 0 Å². The second-order valence-corrected chi connectivity index (χ2v) is 15.3. The first kappa shape index (κ1) is 29.3. The van der Waals surface area contributed by atoms with Crippen LogP contribution in [0.4, 0.5) is 0 Å². The number of rotatable bonds is 4. The van der Waals surface area contributed by atoms with E-state index in [0.717, 1.165) is 40.2 Å². The van der Waals surface area contributed by atoms with Crippen LogP contribution in [-0.4, -0.2) is 15.0 Å². The standard InChI is InChI=1S/C46H37N3O/c1-43(2)34-17-11-12-18-35(34)45-28-46(45)36-27-33(23-24-37(36)50-39(46)26-25-38(45)44(43,3)4)29-19-21-32(22-20-29)42-48-40(30-13-7-5-8-14-30)47-41(49-42)31-15-9-6-10-16-31/h5-27H,28H2,1-4H3. The number of benzene rings is 5. The van der Waals surface area contributed by atoms with Crippen molar-refractivity contribution in [2.75, 3.05) is 0 Å². The van der Waals surface area contributed by atoms with Crippen LogP contribution in [0.2, 0.25) is 0 Å². The smallest absolute Gasteiger partial charge is 0.164 e. The fourth-order valence-electron chi connectivity index (χ4n) is 9.28. The number of allylic oxidation sites excluding steroid dienone is 4. The highest BCUT2D eigenvalue weighted by molar-refractivity contribution is 5.79. The van der Waals surface area contributed by atoms with E-state index in [-0.39, 0.29) is 21.7 Å². The van der Waals surface area contributed by atoms with Crippen molar-refractivity contribution in [2.45, 2.75) is 50.4 Å². The fraction of sp³-hybridized carbons (Fsp3) is 0.196. The van der Waals surface area contributed by atoms with Gasteiger partial charge >= 0.3 is 0 Å². The van der Waals surface area contributed by atoms with Gasteiger partial charge in [0.2, 0.25) is 0 Å². The van der Waals surface area contributed by atoms with Crippen molar-refractivity contribution in [3.8, 4) is 51.0 Å². The van der Waals surface area contributed by atoms with E-state index in [9.17, 15) is 0 Å². The molecule has 1 aromatic heterocycles. The third-order valence-corrected chi connectivity index (χ3v) is 12.5. The Morgan fingerprint density at radius 3 is 1.60 bits per heavy atom. The van der Waals surface area contributed by atoms with Crippen LogP contribution < -0.4 is 4.74 Å². The molecule has 5 aromatic carbocycles. The van der Waals surface area contributed by atoms with Crippen molar-refractivity contribution in [1.29, 1.82) is 0 Å². The molecule has 4 nitrogen and oxygen atoms in total. The van der Waals surface area contributed by atoms with Crippen LogP contribution in [0.15, 0.2) is 151 Å². The first-order chi connectivity index (χ1) is 24.2. The van der Waals surface area contributed by atoms with Crippen molar-refractivity contribution in [3.05, 3.63) is 168 Å². The zero-order valence-corrected chi connectivity index (χ0v) is 28.7. The molecule has 242 valence electrons. The van der Waals surface area contributed by atoms with Crippen molar-refractivity contribution >= 4 is 0 Å². The van der Waals surface area contributed by atoms with E-state index < -0.39 is 0 Å². The third kappa shape index (κ3) is 3.74. The predicted octanol–water partition coefficient (Wildman–Crippen LogP) is 10.7. The minimum Gasteiger partial charge on any atom is -0.460 e. The van der Waals surface area contributed by atoms with Gasteiger partial charge in [0.25, 0.3) is 0 Å². The van der Waals surface area contributed by atoms with E-state index in [0.29, 0.717) is 17.5 Å². The van der Waals surface area contributed by atoms with E-state index in [1.54, 1.807) is 0 Å². The molecular weight excluding hydrogens is 611 g/mol.